The van der Waals surface area contributed by atoms with Gasteiger partial charge in [-0.2, -0.15) is 0 Å². The van der Waals surface area contributed by atoms with Crippen LogP contribution in [-0.4, -0.2) is 36.5 Å². The van der Waals surface area contributed by atoms with E-state index in [0.29, 0.717) is 0 Å². The first-order chi connectivity index (χ1) is 5.22. The maximum absolute atomic E-state index is 11.3. The van der Waals surface area contributed by atoms with Gasteiger partial charge in [0.05, 0.1) is 0 Å². The molecule has 1 rings (SSSR count). The maximum Gasteiger partial charge on any atom is 0.323 e. The van der Waals surface area contributed by atoms with E-state index in [2.05, 4.69) is 0 Å². The number of carbonyl (C=O) groups excluding carboxylic acids is 1. The molecule has 1 aliphatic heterocycles. The molecule has 0 saturated heterocycles. The molecule has 0 aromatic rings. The van der Waals surface area contributed by atoms with Gasteiger partial charge in [0.15, 0.2) is 0 Å². The van der Waals surface area contributed by atoms with E-state index in [0.717, 1.165) is 19.4 Å². The Hall–Kier alpha value is -0.990. The van der Waals surface area contributed by atoms with Gasteiger partial charge < -0.3 is 9.80 Å². The van der Waals surface area contributed by atoms with Crippen molar-refractivity contribution in [2.75, 3.05) is 20.6 Å². The third-order valence-electron chi connectivity index (χ3n) is 1.68. The van der Waals surface area contributed by atoms with Crippen LogP contribution in [0.5, 0.6) is 0 Å². The Morgan fingerprint density at radius 3 is 2.73 bits per heavy atom. The van der Waals surface area contributed by atoms with Gasteiger partial charge in [0.25, 0.3) is 0 Å². The molecule has 0 N–H and O–H groups in total. The van der Waals surface area contributed by atoms with Crippen LogP contribution in [0, 0.1) is 0 Å². The highest BCUT2D eigenvalue weighted by atomic mass is 16.2. The maximum atomic E-state index is 11.3. The van der Waals surface area contributed by atoms with E-state index in [1.807, 2.05) is 12.3 Å². The van der Waals surface area contributed by atoms with Crippen LogP contribution in [0.4, 0.5) is 4.79 Å². The molecule has 0 aromatic heterocycles. The Balaban J connectivity index is 2.52. The van der Waals surface area contributed by atoms with E-state index < -0.39 is 0 Å². The van der Waals surface area contributed by atoms with E-state index in [-0.39, 0.29) is 6.03 Å². The number of nitrogens with zero attached hydrogens (tertiary/aromatic N) is 2. The lowest BCUT2D eigenvalue weighted by Crippen LogP contribution is -2.37. The highest BCUT2D eigenvalue weighted by Gasteiger charge is 2.13. The van der Waals surface area contributed by atoms with Crippen LogP contribution in [-0.2, 0) is 0 Å². The molecule has 0 bridgehead atoms. The fourth-order valence-corrected chi connectivity index (χ4v) is 1.07. The molecule has 0 spiro atoms. The van der Waals surface area contributed by atoms with E-state index in [4.69, 9.17) is 0 Å². The quantitative estimate of drug-likeness (QED) is 0.515. The molecule has 3 heteroatoms. The molecule has 1 aliphatic rings. The van der Waals surface area contributed by atoms with Crippen molar-refractivity contribution in [2.24, 2.45) is 0 Å². The number of allylic oxidation sites excluding steroid dienone is 1. The molecule has 0 aromatic carbocycles. The zero-order valence-electron chi connectivity index (χ0n) is 7.08. The molecule has 62 valence electrons. The van der Waals surface area contributed by atoms with Gasteiger partial charge in [-0.1, -0.05) is 6.08 Å². The predicted octanol–water partition coefficient (Wildman–Crippen LogP) is 1.28. The van der Waals surface area contributed by atoms with Gasteiger partial charge in [0.2, 0.25) is 0 Å². The molecule has 0 atom stereocenters. The average molecular weight is 154 g/mol. The Morgan fingerprint density at radius 1 is 1.55 bits per heavy atom. The first-order valence-corrected chi connectivity index (χ1v) is 3.86. The summed E-state index contributed by atoms with van der Waals surface area (Å²) in [6.45, 7) is 0.855. The van der Waals surface area contributed by atoms with Crippen molar-refractivity contribution < 1.29 is 4.79 Å². The Labute approximate surface area is 67.3 Å². The fourth-order valence-electron chi connectivity index (χ4n) is 1.07. The van der Waals surface area contributed by atoms with Crippen LogP contribution in [0.25, 0.3) is 0 Å². The third kappa shape index (κ3) is 1.97. The monoisotopic (exact) mass is 154 g/mol. The van der Waals surface area contributed by atoms with Crippen molar-refractivity contribution in [3.63, 3.8) is 0 Å². The number of rotatable bonds is 0. The number of hydrogen-bond donors (Lipinski definition) is 0. The fraction of sp³-hybridized carbons (Fsp3) is 0.625. The second kappa shape index (κ2) is 3.42. The summed E-state index contributed by atoms with van der Waals surface area (Å²) in [6, 6.07) is 0.0703. The summed E-state index contributed by atoms with van der Waals surface area (Å²) in [6.07, 6.45) is 6.07. The SMILES string of the molecule is CN(C)C(=O)N1C=CCCC1. The Kier molecular flexibility index (Phi) is 2.52. The predicted molar refractivity (Wildman–Crippen MR) is 44.2 cm³/mol. The van der Waals surface area contributed by atoms with E-state index in [1.165, 1.54) is 0 Å². The number of amides is 2. The van der Waals surface area contributed by atoms with Gasteiger partial charge in [-0.05, 0) is 12.8 Å². The van der Waals surface area contributed by atoms with Gasteiger partial charge in [0.1, 0.15) is 0 Å². The lowest BCUT2D eigenvalue weighted by molar-refractivity contribution is 0.186. The number of hydrogen-bond acceptors (Lipinski definition) is 1. The minimum Gasteiger partial charge on any atom is -0.330 e. The largest absolute Gasteiger partial charge is 0.330 e. The second-order valence-corrected chi connectivity index (χ2v) is 2.90. The van der Waals surface area contributed by atoms with E-state index in [1.54, 1.807) is 23.9 Å². The minimum absolute atomic E-state index is 0.0703. The standard InChI is InChI=1S/C8H14N2O/c1-9(2)8(11)10-6-4-3-5-7-10/h4,6H,3,5,7H2,1-2H3. The van der Waals surface area contributed by atoms with Crippen LogP contribution in [0.15, 0.2) is 12.3 Å². The molecule has 1 heterocycles. The van der Waals surface area contributed by atoms with Gasteiger partial charge >= 0.3 is 6.03 Å². The van der Waals surface area contributed by atoms with Crippen molar-refractivity contribution in [3.8, 4) is 0 Å². The first kappa shape index (κ1) is 8.11. The van der Waals surface area contributed by atoms with E-state index in [9.17, 15) is 4.79 Å². The van der Waals surface area contributed by atoms with Crippen molar-refractivity contribution >= 4 is 6.03 Å². The van der Waals surface area contributed by atoms with Gasteiger partial charge in [-0.25, -0.2) is 4.79 Å². The van der Waals surface area contributed by atoms with Gasteiger partial charge in [-0.3, -0.25) is 0 Å². The molecular weight excluding hydrogens is 140 g/mol. The molecule has 0 saturated carbocycles. The van der Waals surface area contributed by atoms with Crippen molar-refractivity contribution in [1.82, 2.24) is 9.80 Å². The van der Waals surface area contributed by atoms with Crippen LogP contribution in [0.3, 0.4) is 0 Å². The lowest BCUT2D eigenvalue weighted by atomic mass is 10.2. The molecule has 0 radical (unpaired) electrons. The zero-order chi connectivity index (χ0) is 8.27. The van der Waals surface area contributed by atoms with Crippen molar-refractivity contribution in [2.45, 2.75) is 12.8 Å². The molecule has 0 fully saturated rings. The summed E-state index contributed by atoms with van der Waals surface area (Å²) in [5, 5.41) is 0. The summed E-state index contributed by atoms with van der Waals surface area (Å²) in [5.74, 6) is 0. The van der Waals surface area contributed by atoms with Gasteiger partial charge in [-0.15, -0.1) is 0 Å². The minimum atomic E-state index is 0.0703. The van der Waals surface area contributed by atoms with Crippen LogP contribution in [0.2, 0.25) is 0 Å². The average Bonchev–Trinajstić information content (AvgIpc) is 2.05. The smallest absolute Gasteiger partial charge is 0.323 e. The first-order valence-electron chi connectivity index (χ1n) is 3.86. The van der Waals surface area contributed by atoms with Crippen molar-refractivity contribution in [3.05, 3.63) is 12.3 Å². The number of carbonyl (C=O) groups is 1. The summed E-state index contributed by atoms with van der Waals surface area (Å²) >= 11 is 0. The summed E-state index contributed by atoms with van der Waals surface area (Å²) in [7, 11) is 3.54. The topological polar surface area (TPSA) is 23.6 Å². The van der Waals surface area contributed by atoms with Gasteiger partial charge in [0, 0.05) is 26.8 Å². The summed E-state index contributed by atoms with van der Waals surface area (Å²) < 4.78 is 0. The van der Waals surface area contributed by atoms with Crippen LogP contribution >= 0.6 is 0 Å². The molecule has 3 nitrogen and oxygen atoms in total. The Morgan fingerprint density at radius 2 is 2.27 bits per heavy atom. The molecule has 11 heavy (non-hydrogen) atoms. The summed E-state index contributed by atoms with van der Waals surface area (Å²) in [5.41, 5.74) is 0. The normalized spacial score (nSPS) is 16.7. The molecule has 0 unspecified atom stereocenters. The van der Waals surface area contributed by atoms with E-state index >= 15 is 0 Å². The molecule has 0 aliphatic carbocycles. The third-order valence-corrected chi connectivity index (χ3v) is 1.68. The highest BCUT2D eigenvalue weighted by molar-refractivity contribution is 5.74. The second-order valence-electron chi connectivity index (χ2n) is 2.90. The zero-order valence-corrected chi connectivity index (χ0v) is 7.08. The van der Waals surface area contributed by atoms with Crippen molar-refractivity contribution in [1.29, 1.82) is 0 Å². The summed E-state index contributed by atoms with van der Waals surface area (Å²) in [4.78, 5) is 14.6. The molecular formula is C8H14N2O. The number of urea groups is 1. The lowest BCUT2D eigenvalue weighted by Gasteiger charge is -2.24. The van der Waals surface area contributed by atoms with Crippen LogP contribution in [0.1, 0.15) is 12.8 Å². The Bertz CT molecular complexity index is 175. The molecule has 2 amide bonds. The van der Waals surface area contributed by atoms with Crippen LogP contribution < -0.4 is 0 Å². The highest BCUT2D eigenvalue weighted by Crippen LogP contribution is 2.06.